The molecule has 0 aromatic rings. The minimum Gasteiger partial charge on any atom is -0.462 e. The van der Waals surface area contributed by atoms with Crippen molar-refractivity contribution in [3.8, 4) is 0 Å². The number of carbonyl (C=O) groups excluding carboxylic acids is 2. The lowest BCUT2D eigenvalue weighted by Crippen LogP contribution is -2.13. The lowest BCUT2D eigenvalue weighted by atomic mass is 10.2. The predicted molar refractivity (Wildman–Crippen MR) is 77.8 cm³/mol. The van der Waals surface area contributed by atoms with Crippen molar-refractivity contribution in [2.45, 2.75) is 51.4 Å². The summed E-state index contributed by atoms with van der Waals surface area (Å²) < 4.78 is 14.8. The third-order valence-electron chi connectivity index (χ3n) is 2.88. The Kier molecular flexibility index (Phi) is 14.4. The molecule has 0 saturated heterocycles. The number of unbranched alkanes of at least 4 members (excludes halogenated alkanes) is 4. The Morgan fingerprint density at radius 3 is 1.76 bits per heavy atom. The molecule has 0 aliphatic heterocycles. The number of hydrogen-bond acceptors (Lipinski definition) is 6. The van der Waals surface area contributed by atoms with Crippen LogP contribution in [0.5, 0.6) is 0 Å². The van der Waals surface area contributed by atoms with E-state index in [2.05, 4.69) is 0 Å². The van der Waals surface area contributed by atoms with Crippen LogP contribution in [-0.4, -0.2) is 50.6 Å². The van der Waals surface area contributed by atoms with E-state index < -0.39 is 0 Å². The van der Waals surface area contributed by atoms with E-state index >= 15 is 0 Å². The molecule has 21 heavy (non-hydrogen) atoms. The normalized spacial score (nSPS) is 10.4. The van der Waals surface area contributed by atoms with Gasteiger partial charge in [0, 0.05) is 33.2 Å². The molecule has 6 heteroatoms. The van der Waals surface area contributed by atoms with Crippen LogP contribution in [0.2, 0.25) is 0 Å². The van der Waals surface area contributed by atoms with Crippen LogP contribution in [0, 0.1) is 0 Å². The first-order valence-corrected chi connectivity index (χ1v) is 7.61. The second-order valence-corrected chi connectivity index (χ2v) is 4.78. The average Bonchev–Trinajstić information content (AvgIpc) is 2.48. The summed E-state index contributed by atoms with van der Waals surface area (Å²) in [5.74, 6) is -0.546. The summed E-state index contributed by atoms with van der Waals surface area (Å²) in [4.78, 5) is 22.6. The lowest BCUT2D eigenvalue weighted by Gasteiger charge is -2.06. The number of hydrogen-bond donors (Lipinski definition) is 1. The smallest absolute Gasteiger partial charge is 0.305 e. The molecule has 0 amide bonds. The van der Waals surface area contributed by atoms with Gasteiger partial charge < -0.3 is 19.3 Å². The van der Waals surface area contributed by atoms with E-state index in [0.717, 1.165) is 25.7 Å². The van der Waals surface area contributed by atoms with Crippen LogP contribution in [0.1, 0.15) is 51.4 Å². The van der Waals surface area contributed by atoms with Gasteiger partial charge >= 0.3 is 11.9 Å². The highest BCUT2D eigenvalue weighted by atomic mass is 16.6. The lowest BCUT2D eigenvalue weighted by molar-refractivity contribution is -0.152. The summed E-state index contributed by atoms with van der Waals surface area (Å²) in [5.41, 5.74) is 0. The molecule has 0 spiro atoms. The standard InChI is InChI=1S/C15H28O6/c1-19-11-7-3-5-9-15(18)21-13-12-20-14(17)8-4-2-6-10-16/h16H,2-13H2,1H3. The second kappa shape index (κ2) is 15.3. The maximum atomic E-state index is 11.3. The molecule has 6 nitrogen and oxygen atoms in total. The van der Waals surface area contributed by atoms with Gasteiger partial charge in [-0.25, -0.2) is 0 Å². The van der Waals surface area contributed by atoms with Crippen LogP contribution in [0.3, 0.4) is 0 Å². The quantitative estimate of drug-likeness (QED) is 0.389. The number of carbonyl (C=O) groups is 2. The van der Waals surface area contributed by atoms with E-state index in [-0.39, 0.29) is 31.8 Å². The first-order valence-electron chi connectivity index (χ1n) is 7.61. The number of esters is 2. The predicted octanol–water partition coefficient (Wildman–Crippen LogP) is 1.83. The van der Waals surface area contributed by atoms with Crippen molar-refractivity contribution in [3.05, 3.63) is 0 Å². The van der Waals surface area contributed by atoms with Crippen LogP contribution in [0.25, 0.3) is 0 Å². The topological polar surface area (TPSA) is 82.1 Å². The molecule has 0 unspecified atom stereocenters. The Bertz CT molecular complexity index is 267. The fraction of sp³-hybridized carbons (Fsp3) is 0.867. The number of ether oxygens (including phenoxy) is 3. The molecule has 0 aromatic carbocycles. The van der Waals surface area contributed by atoms with E-state index in [9.17, 15) is 9.59 Å². The van der Waals surface area contributed by atoms with Crippen molar-refractivity contribution in [1.29, 1.82) is 0 Å². The fourth-order valence-corrected chi connectivity index (χ4v) is 1.71. The third-order valence-corrected chi connectivity index (χ3v) is 2.88. The summed E-state index contributed by atoms with van der Waals surface area (Å²) in [7, 11) is 1.65. The molecule has 0 atom stereocenters. The summed E-state index contributed by atoms with van der Waals surface area (Å²) in [6.07, 6.45) is 5.61. The molecule has 0 saturated carbocycles. The summed E-state index contributed by atoms with van der Waals surface area (Å²) >= 11 is 0. The second-order valence-electron chi connectivity index (χ2n) is 4.78. The van der Waals surface area contributed by atoms with Crippen LogP contribution >= 0.6 is 0 Å². The maximum absolute atomic E-state index is 11.3. The van der Waals surface area contributed by atoms with Gasteiger partial charge in [-0.1, -0.05) is 12.8 Å². The number of aliphatic hydroxyl groups excluding tert-OH is 1. The molecule has 0 heterocycles. The van der Waals surface area contributed by atoms with Crippen molar-refractivity contribution in [2.24, 2.45) is 0 Å². The molecule has 0 fully saturated rings. The number of rotatable bonds is 14. The highest BCUT2D eigenvalue weighted by Gasteiger charge is 2.05. The minimum atomic E-state index is -0.288. The van der Waals surface area contributed by atoms with Crippen LogP contribution in [0.15, 0.2) is 0 Å². The number of aliphatic hydroxyl groups is 1. The van der Waals surface area contributed by atoms with Gasteiger partial charge in [0.15, 0.2) is 0 Å². The van der Waals surface area contributed by atoms with Crippen molar-refractivity contribution in [3.63, 3.8) is 0 Å². The van der Waals surface area contributed by atoms with Crippen LogP contribution in [-0.2, 0) is 23.8 Å². The van der Waals surface area contributed by atoms with Crippen molar-refractivity contribution >= 4 is 11.9 Å². The molecule has 0 radical (unpaired) electrons. The van der Waals surface area contributed by atoms with Gasteiger partial charge in [0.2, 0.25) is 0 Å². The maximum Gasteiger partial charge on any atom is 0.305 e. The molecule has 0 bridgehead atoms. The van der Waals surface area contributed by atoms with Gasteiger partial charge in [-0.05, 0) is 25.7 Å². The third kappa shape index (κ3) is 15.1. The van der Waals surface area contributed by atoms with Gasteiger partial charge in [-0.15, -0.1) is 0 Å². The Morgan fingerprint density at radius 1 is 0.762 bits per heavy atom. The average molecular weight is 304 g/mol. The van der Waals surface area contributed by atoms with Gasteiger partial charge in [-0.2, -0.15) is 0 Å². The largest absolute Gasteiger partial charge is 0.462 e. The zero-order valence-corrected chi connectivity index (χ0v) is 13.0. The van der Waals surface area contributed by atoms with E-state index in [4.69, 9.17) is 19.3 Å². The number of methoxy groups -OCH3 is 1. The minimum absolute atomic E-state index is 0.105. The van der Waals surface area contributed by atoms with Crippen molar-refractivity contribution in [1.82, 2.24) is 0 Å². The first-order chi connectivity index (χ1) is 10.2. The molecule has 0 rings (SSSR count). The van der Waals surface area contributed by atoms with E-state index in [1.54, 1.807) is 7.11 Å². The summed E-state index contributed by atoms with van der Waals surface area (Å²) in [6, 6.07) is 0. The molecular formula is C15H28O6. The van der Waals surface area contributed by atoms with Gasteiger partial charge in [0.05, 0.1) is 0 Å². The van der Waals surface area contributed by atoms with E-state index in [0.29, 0.717) is 32.3 Å². The van der Waals surface area contributed by atoms with E-state index in [1.807, 2.05) is 0 Å². The zero-order chi connectivity index (χ0) is 15.8. The molecule has 0 aliphatic rings. The first kappa shape index (κ1) is 19.9. The zero-order valence-electron chi connectivity index (χ0n) is 13.0. The SMILES string of the molecule is COCCCCCC(=O)OCCOC(=O)CCCCCO. The summed E-state index contributed by atoms with van der Waals surface area (Å²) in [6.45, 7) is 1.08. The van der Waals surface area contributed by atoms with Crippen LogP contribution in [0.4, 0.5) is 0 Å². The molecule has 0 aromatic heterocycles. The molecule has 0 aliphatic carbocycles. The summed E-state index contributed by atoms with van der Waals surface area (Å²) in [5, 5.41) is 8.59. The van der Waals surface area contributed by atoms with Gasteiger partial charge in [0.25, 0.3) is 0 Å². The fourth-order valence-electron chi connectivity index (χ4n) is 1.71. The Labute approximate surface area is 126 Å². The molecule has 1 N–H and O–H groups in total. The molecule has 124 valence electrons. The van der Waals surface area contributed by atoms with Gasteiger partial charge in [-0.3, -0.25) is 9.59 Å². The Hall–Kier alpha value is -1.14. The Morgan fingerprint density at radius 2 is 1.29 bits per heavy atom. The monoisotopic (exact) mass is 304 g/mol. The van der Waals surface area contributed by atoms with Gasteiger partial charge in [0.1, 0.15) is 13.2 Å². The van der Waals surface area contributed by atoms with Crippen molar-refractivity contribution in [2.75, 3.05) is 33.5 Å². The van der Waals surface area contributed by atoms with E-state index in [1.165, 1.54) is 0 Å². The highest BCUT2D eigenvalue weighted by Crippen LogP contribution is 2.02. The van der Waals surface area contributed by atoms with Crippen LogP contribution < -0.4 is 0 Å². The highest BCUT2D eigenvalue weighted by molar-refractivity contribution is 5.70. The molecular weight excluding hydrogens is 276 g/mol. The Balaban J connectivity index is 3.32. The van der Waals surface area contributed by atoms with Crippen molar-refractivity contribution < 1.29 is 28.9 Å².